The lowest BCUT2D eigenvalue weighted by Gasteiger charge is -2.19. The number of nitrogens with zero attached hydrogens (tertiary/aromatic N) is 2. The molecule has 6 aliphatic rings. The zero-order valence-electron chi connectivity index (χ0n) is 78.2. The van der Waals surface area contributed by atoms with Crippen LogP contribution in [0.15, 0.2) is 534 Å². The molecule has 0 fully saturated rings. The summed E-state index contributed by atoms with van der Waals surface area (Å²) >= 11 is 0. The van der Waals surface area contributed by atoms with E-state index in [-0.39, 0.29) is 35.5 Å². The van der Waals surface area contributed by atoms with Gasteiger partial charge in [-0.2, -0.15) is 0 Å². The van der Waals surface area contributed by atoms with Gasteiger partial charge in [0.25, 0.3) is 0 Å². The van der Waals surface area contributed by atoms with Crippen LogP contribution in [0.1, 0.15) is 136 Å². The lowest BCUT2D eigenvalue weighted by Crippen LogP contribution is -2.03. The van der Waals surface area contributed by atoms with Crippen LogP contribution in [-0.2, 0) is 0 Å². The maximum absolute atomic E-state index is 5.15. The SMILES string of the molecule is c1ccc(-c2cc(-c3ccccc3)cc(C3c4ccccc4-c4c3ccc3c4-c4ccccc4C3c3ccccc3)c2)cc1.c1ccc(-c2cc(-c3ccccc3)nc(-c3cccc(C4c5ccccc5-c5c4ccc4c5-c5ccccc5C4c4ccccc4)c3)n2)cc1.c1ccc(-c2cc3ccccc3cc2-c2cccc(C3c4ccccc4-c4cc5c(cc43)C(c3ccccc3)c3ccccc3-5)c2)cc1. The summed E-state index contributed by atoms with van der Waals surface area (Å²) in [7, 11) is 0. The van der Waals surface area contributed by atoms with Crippen LogP contribution in [0.4, 0.5) is 0 Å². The molecule has 1 aromatic heterocycles. The molecule has 0 radical (unpaired) electrons. The highest BCUT2D eigenvalue weighted by Gasteiger charge is 2.43. The molecule has 1 heterocycles. The van der Waals surface area contributed by atoms with Gasteiger partial charge in [0.05, 0.1) is 11.4 Å². The quantitative estimate of drug-likeness (QED) is 0.115. The molecule has 29 rings (SSSR count). The number of rotatable bonds is 13. The third kappa shape index (κ3) is 14.4. The van der Waals surface area contributed by atoms with Crippen LogP contribution in [0.3, 0.4) is 0 Å². The Hall–Kier alpha value is -17.8. The van der Waals surface area contributed by atoms with Crippen LogP contribution in [0.5, 0.6) is 0 Å². The van der Waals surface area contributed by atoms with Crippen molar-refractivity contribution in [2.45, 2.75) is 35.5 Å². The first kappa shape index (κ1) is 83.5. The molecule has 142 heavy (non-hydrogen) atoms. The van der Waals surface area contributed by atoms with Crippen molar-refractivity contribution >= 4 is 10.8 Å². The second-order valence-corrected chi connectivity index (χ2v) is 38.5. The Labute approximate surface area is 829 Å². The molecule has 6 aliphatic carbocycles. The smallest absolute Gasteiger partial charge is 0.160 e. The summed E-state index contributed by atoms with van der Waals surface area (Å²) in [6, 6.07) is 196. The predicted octanol–water partition coefficient (Wildman–Crippen LogP) is 35.6. The van der Waals surface area contributed by atoms with Gasteiger partial charge in [0, 0.05) is 52.2 Å². The van der Waals surface area contributed by atoms with Crippen molar-refractivity contribution < 1.29 is 0 Å². The maximum atomic E-state index is 5.15. The second-order valence-electron chi connectivity index (χ2n) is 38.5. The van der Waals surface area contributed by atoms with E-state index in [2.05, 4.69) is 522 Å². The zero-order chi connectivity index (χ0) is 93.7. The van der Waals surface area contributed by atoms with E-state index < -0.39 is 0 Å². The average Bonchev–Trinajstić information content (AvgIpc) is 1.55. The first-order chi connectivity index (χ1) is 70.5. The molecule has 0 spiro atoms. The van der Waals surface area contributed by atoms with Gasteiger partial charge in [-0.15, -0.1) is 0 Å². The lowest BCUT2D eigenvalue weighted by atomic mass is 9.83. The minimum atomic E-state index is 0.0975. The molecule has 0 saturated carbocycles. The molecule has 0 amide bonds. The Kier molecular flexibility index (Phi) is 20.8. The molecule has 2 heteroatoms. The molecule has 22 aromatic carbocycles. The van der Waals surface area contributed by atoms with E-state index in [4.69, 9.17) is 9.97 Å². The van der Waals surface area contributed by atoms with Crippen LogP contribution in [-0.4, -0.2) is 9.97 Å². The highest BCUT2D eigenvalue weighted by molar-refractivity contribution is 6.02. The van der Waals surface area contributed by atoms with Crippen molar-refractivity contribution in [1.82, 2.24) is 9.97 Å². The van der Waals surface area contributed by atoms with Gasteiger partial charge < -0.3 is 0 Å². The molecule has 6 unspecified atom stereocenters. The van der Waals surface area contributed by atoms with Crippen molar-refractivity contribution in [2.24, 2.45) is 0 Å². The van der Waals surface area contributed by atoms with Crippen molar-refractivity contribution in [3.63, 3.8) is 0 Å². The van der Waals surface area contributed by atoms with Gasteiger partial charge in [0.15, 0.2) is 5.82 Å². The molecule has 2 nitrogen and oxygen atoms in total. The molecule has 23 aromatic rings. The van der Waals surface area contributed by atoms with E-state index in [1.54, 1.807) is 0 Å². The molecule has 0 N–H and O–H groups in total. The molecular weight excluding hydrogens is 1710 g/mol. The van der Waals surface area contributed by atoms with E-state index in [1.165, 1.54) is 222 Å². The monoisotopic (exact) mass is 1800 g/mol. The third-order valence-corrected chi connectivity index (χ3v) is 30.7. The van der Waals surface area contributed by atoms with Crippen LogP contribution in [0.2, 0.25) is 0 Å². The third-order valence-electron chi connectivity index (χ3n) is 30.7. The van der Waals surface area contributed by atoms with Gasteiger partial charge in [0.2, 0.25) is 0 Å². The van der Waals surface area contributed by atoms with E-state index in [9.17, 15) is 0 Å². The topological polar surface area (TPSA) is 25.8 Å². The fraction of sp³-hybridized carbons (Fsp3) is 0.0429. The Morgan fingerprint density at radius 2 is 0.380 bits per heavy atom. The fourth-order valence-corrected chi connectivity index (χ4v) is 24.5. The first-order valence-corrected chi connectivity index (χ1v) is 49.8. The second kappa shape index (κ2) is 35.3. The summed E-state index contributed by atoms with van der Waals surface area (Å²) in [4.78, 5) is 10.3. The standard InChI is InChI=1S/C48H32N2.C48H32.C44H30/c1-4-15-31(16-5-1)42-30-43(32-17-6-2-7-18-32)50-48(49-42)35-22-14-21-34(29-35)45-37-24-11-13-26-39(37)47-41(45)28-27-40-44(33-19-8-3-9-20-33)36-23-10-12-25-38(36)46(40)47;1-3-14-31(15-4-1)41-27-33-18-7-8-19-34(33)28-42(41)35-20-13-21-36(26-35)48-40-25-12-10-23-38(40)44-29-43-37-22-9-11-24-39(37)47(45(43)30-46(44)48)32-16-5-2-6-17-32;1-4-14-29(15-5-1)32-26-33(30-16-6-2-7-17-30)28-34(27-32)42-36-21-11-13-23-38(36)44-40(42)25-24-39-41(31-18-8-3-9-19-31)35-20-10-12-22-37(35)43(39)44/h1-30,44-45H;1-30,47-48H;1-28,41-42H. The zero-order valence-corrected chi connectivity index (χ0v) is 78.2. The van der Waals surface area contributed by atoms with Crippen LogP contribution >= 0.6 is 0 Å². The summed E-state index contributed by atoms with van der Waals surface area (Å²) in [6.45, 7) is 0. The summed E-state index contributed by atoms with van der Waals surface area (Å²) < 4.78 is 0. The number of hydrogen-bond acceptors (Lipinski definition) is 2. The molecule has 0 aliphatic heterocycles. The van der Waals surface area contributed by atoms with Crippen LogP contribution in [0, 0.1) is 0 Å². The van der Waals surface area contributed by atoms with Crippen molar-refractivity contribution in [3.05, 3.63) is 634 Å². The summed E-state index contributed by atoms with van der Waals surface area (Å²) in [5.74, 6) is 1.82. The predicted molar refractivity (Wildman–Crippen MR) is 587 cm³/mol. The minimum Gasteiger partial charge on any atom is -0.228 e. The molecule has 6 atom stereocenters. The van der Waals surface area contributed by atoms with Crippen molar-refractivity contribution in [1.29, 1.82) is 0 Å². The van der Waals surface area contributed by atoms with Gasteiger partial charge in [-0.3, -0.25) is 0 Å². The highest BCUT2D eigenvalue weighted by Crippen LogP contribution is 2.63. The number of fused-ring (bicyclic) bond motifs is 21. The normalized spacial score (nSPS) is 15.5. The highest BCUT2D eigenvalue weighted by atomic mass is 14.9. The number of aromatic nitrogens is 2. The van der Waals surface area contributed by atoms with Crippen molar-refractivity contribution in [3.8, 4) is 145 Å². The molecule has 0 bridgehead atoms. The van der Waals surface area contributed by atoms with E-state index in [0.717, 1.165) is 33.9 Å². The average molecular weight is 1800 g/mol. The Morgan fingerprint density at radius 1 is 0.120 bits per heavy atom. The van der Waals surface area contributed by atoms with Gasteiger partial charge >= 0.3 is 0 Å². The number of hydrogen-bond donors (Lipinski definition) is 0. The van der Waals surface area contributed by atoms with Gasteiger partial charge in [-0.25, -0.2) is 9.97 Å². The molecule has 664 valence electrons. The van der Waals surface area contributed by atoms with E-state index in [0.29, 0.717) is 0 Å². The molecular formula is C140H94N2. The largest absolute Gasteiger partial charge is 0.228 e. The first-order valence-electron chi connectivity index (χ1n) is 49.8. The van der Waals surface area contributed by atoms with Gasteiger partial charge in [-0.1, -0.05) is 497 Å². The lowest BCUT2D eigenvalue weighted by molar-refractivity contribution is 0.982. The van der Waals surface area contributed by atoms with E-state index in [1.807, 2.05) is 12.1 Å². The van der Waals surface area contributed by atoms with Gasteiger partial charge in [-0.05, 0) is 259 Å². The Balaban J connectivity index is 0.000000107. The number of benzene rings is 22. The Morgan fingerprint density at radius 3 is 0.768 bits per heavy atom. The fourth-order valence-electron chi connectivity index (χ4n) is 24.5. The molecule has 0 saturated heterocycles. The van der Waals surface area contributed by atoms with Crippen molar-refractivity contribution in [2.75, 3.05) is 0 Å². The van der Waals surface area contributed by atoms with Crippen LogP contribution < -0.4 is 0 Å². The minimum absolute atomic E-state index is 0.0975. The van der Waals surface area contributed by atoms with E-state index >= 15 is 0 Å². The maximum Gasteiger partial charge on any atom is 0.160 e. The summed E-state index contributed by atoms with van der Waals surface area (Å²) in [5.41, 5.74) is 56.0. The van der Waals surface area contributed by atoms with Crippen LogP contribution in [0.25, 0.3) is 156 Å². The Bertz CT molecular complexity index is 8720. The summed E-state index contributed by atoms with van der Waals surface area (Å²) in [5, 5.41) is 2.52. The van der Waals surface area contributed by atoms with Gasteiger partial charge in [0.1, 0.15) is 0 Å². The summed E-state index contributed by atoms with van der Waals surface area (Å²) in [6.07, 6.45) is 0.